The molecular formula is C25H33N5O2. The highest BCUT2D eigenvalue weighted by Crippen LogP contribution is 2.27. The van der Waals surface area contributed by atoms with Crippen LogP contribution in [0.1, 0.15) is 52.9 Å². The first-order valence-corrected chi connectivity index (χ1v) is 11.9. The normalized spacial score (nSPS) is 21.7. The molecule has 0 unspecified atom stereocenters. The molecule has 32 heavy (non-hydrogen) atoms. The molecule has 1 aromatic heterocycles. The number of carbonyl (C=O) groups excluding carboxylic acids is 1. The van der Waals surface area contributed by atoms with E-state index in [2.05, 4.69) is 43.3 Å². The molecule has 1 saturated carbocycles. The Kier molecular flexibility index (Phi) is 6.37. The Bertz CT molecular complexity index is 944. The van der Waals surface area contributed by atoms with E-state index in [1.165, 1.54) is 36.9 Å². The monoisotopic (exact) mass is 435 g/mol. The predicted molar refractivity (Wildman–Crippen MR) is 124 cm³/mol. The Morgan fingerprint density at radius 3 is 2.62 bits per heavy atom. The lowest BCUT2D eigenvalue weighted by atomic mass is 9.91. The van der Waals surface area contributed by atoms with Crippen LogP contribution in [0.5, 0.6) is 0 Å². The SMILES string of the molecule is CO[C@H]1CCN(c2cnc(C(=O)NCc3ccc4c(c3)CCN(C3CCC3)CC4)cn2)C1. The van der Waals surface area contributed by atoms with Crippen LogP contribution in [0.25, 0.3) is 0 Å². The maximum Gasteiger partial charge on any atom is 0.271 e. The minimum Gasteiger partial charge on any atom is -0.380 e. The fraction of sp³-hybridized carbons (Fsp3) is 0.560. The summed E-state index contributed by atoms with van der Waals surface area (Å²) < 4.78 is 5.41. The second kappa shape index (κ2) is 9.55. The summed E-state index contributed by atoms with van der Waals surface area (Å²) in [4.78, 5) is 26.2. The second-order valence-electron chi connectivity index (χ2n) is 9.26. The van der Waals surface area contributed by atoms with Crippen molar-refractivity contribution in [1.29, 1.82) is 0 Å². The number of carbonyl (C=O) groups is 1. The number of nitrogens with zero attached hydrogens (tertiary/aromatic N) is 4. The highest BCUT2D eigenvalue weighted by molar-refractivity contribution is 5.92. The first-order chi connectivity index (χ1) is 15.7. The molecule has 1 N–H and O–H groups in total. The number of hydrogen-bond acceptors (Lipinski definition) is 6. The van der Waals surface area contributed by atoms with Gasteiger partial charge in [0.1, 0.15) is 11.5 Å². The third-order valence-electron chi connectivity index (χ3n) is 7.32. The van der Waals surface area contributed by atoms with Gasteiger partial charge in [-0.25, -0.2) is 9.97 Å². The van der Waals surface area contributed by atoms with E-state index in [4.69, 9.17) is 4.74 Å². The number of benzene rings is 1. The van der Waals surface area contributed by atoms with Crippen molar-refractivity contribution in [2.24, 2.45) is 0 Å². The third kappa shape index (κ3) is 4.64. The minimum absolute atomic E-state index is 0.189. The highest BCUT2D eigenvalue weighted by atomic mass is 16.5. The Hall–Kier alpha value is -2.51. The molecule has 7 heteroatoms. The van der Waals surface area contributed by atoms with Crippen molar-refractivity contribution in [2.75, 3.05) is 38.2 Å². The zero-order valence-corrected chi connectivity index (χ0v) is 18.9. The molecule has 3 aliphatic rings. The van der Waals surface area contributed by atoms with E-state index in [1.807, 2.05) is 0 Å². The van der Waals surface area contributed by atoms with E-state index in [-0.39, 0.29) is 12.0 Å². The number of amides is 1. The lowest BCUT2D eigenvalue weighted by Crippen LogP contribution is -2.41. The van der Waals surface area contributed by atoms with Gasteiger partial charge in [0.15, 0.2) is 0 Å². The molecule has 1 amide bonds. The van der Waals surface area contributed by atoms with Gasteiger partial charge in [-0.2, -0.15) is 0 Å². The minimum atomic E-state index is -0.189. The van der Waals surface area contributed by atoms with Crippen molar-refractivity contribution in [3.63, 3.8) is 0 Å². The molecule has 2 fully saturated rings. The lowest BCUT2D eigenvalue weighted by molar-refractivity contribution is 0.0945. The molecule has 2 aliphatic heterocycles. The van der Waals surface area contributed by atoms with Crippen LogP contribution in [-0.4, -0.2) is 66.2 Å². The quantitative estimate of drug-likeness (QED) is 0.752. The number of aromatic nitrogens is 2. The largest absolute Gasteiger partial charge is 0.380 e. The van der Waals surface area contributed by atoms with Crippen LogP contribution in [0, 0.1) is 0 Å². The van der Waals surface area contributed by atoms with Crippen molar-refractivity contribution in [1.82, 2.24) is 20.2 Å². The molecule has 170 valence electrons. The summed E-state index contributed by atoms with van der Waals surface area (Å²) in [6.07, 6.45) is 10.8. The molecule has 1 aromatic carbocycles. The molecule has 3 heterocycles. The molecule has 1 saturated heterocycles. The Labute approximate surface area is 190 Å². The molecule has 0 bridgehead atoms. The molecule has 2 aromatic rings. The number of fused-ring (bicyclic) bond motifs is 1. The van der Waals surface area contributed by atoms with Gasteiger partial charge in [-0.15, -0.1) is 0 Å². The van der Waals surface area contributed by atoms with Gasteiger partial charge in [0.2, 0.25) is 0 Å². The summed E-state index contributed by atoms with van der Waals surface area (Å²) in [5.74, 6) is 0.606. The summed E-state index contributed by atoms with van der Waals surface area (Å²) >= 11 is 0. The second-order valence-corrected chi connectivity index (χ2v) is 9.26. The average Bonchev–Trinajstić information content (AvgIpc) is 3.19. The zero-order valence-electron chi connectivity index (χ0n) is 18.9. The number of nitrogens with one attached hydrogen (secondary N) is 1. The predicted octanol–water partition coefficient (Wildman–Crippen LogP) is 2.58. The number of ether oxygens (including phenoxy) is 1. The third-order valence-corrected chi connectivity index (χ3v) is 7.32. The molecule has 1 atom stereocenters. The summed E-state index contributed by atoms with van der Waals surface area (Å²) in [5, 5.41) is 3.00. The van der Waals surface area contributed by atoms with Gasteiger partial charge in [0.25, 0.3) is 5.91 Å². The van der Waals surface area contributed by atoms with Crippen LogP contribution in [-0.2, 0) is 24.1 Å². The van der Waals surface area contributed by atoms with Crippen LogP contribution in [0.4, 0.5) is 5.82 Å². The van der Waals surface area contributed by atoms with Gasteiger partial charge < -0.3 is 15.0 Å². The van der Waals surface area contributed by atoms with Gasteiger partial charge in [0.05, 0.1) is 18.5 Å². The van der Waals surface area contributed by atoms with Crippen molar-refractivity contribution in [3.8, 4) is 0 Å². The van der Waals surface area contributed by atoms with Crippen LogP contribution >= 0.6 is 0 Å². The molecule has 7 nitrogen and oxygen atoms in total. The van der Waals surface area contributed by atoms with Gasteiger partial charge >= 0.3 is 0 Å². The maximum atomic E-state index is 12.6. The first kappa shape index (κ1) is 21.3. The van der Waals surface area contributed by atoms with Crippen LogP contribution in [0.15, 0.2) is 30.6 Å². The van der Waals surface area contributed by atoms with E-state index in [9.17, 15) is 4.79 Å². The molecular weight excluding hydrogens is 402 g/mol. The van der Waals surface area contributed by atoms with Gasteiger partial charge in [-0.3, -0.25) is 9.69 Å². The average molecular weight is 436 g/mol. The summed E-state index contributed by atoms with van der Waals surface area (Å²) in [6, 6.07) is 7.47. The summed E-state index contributed by atoms with van der Waals surface area (Å²) in [6.45, 7) is 4.54. The maximum absolute atomic E-state index is 12.6. The zero-order chi connectivity index (χ0) is 21.9. The van der Waals surface area contributed by atoms with Crippen LogP contribution in [0.2, 0.25) is 0 Å². The molecule has 0 radical (unpaired) electrons. The number of rotatable bonds is 6. The molecule has 1 aliphatic carbocycles. The summed E-state index contributed by atoms with van der Waals surface area (Å²) in [7, 11) is 1.74. The standard InChI is InChI=1S/C25H33N5O2/c1-32-22-9-12-30(17-22)24-16-26-23(15-27-24)25(31)28-14-18-5-6-19-7-10-29(21-3-2-4-21)11-8-20(19)13-18/h5-6,13,15-16,21-22H,2-4,7-12,14,17H2,1H3,(H,28,31)/t22-/m0/s1. The van der Waals surface area contributed by atoms with Crippen molar-refractivity contribution in [2.45, 2.75) is 57.2 Å². The lowest BCUT2D eigenvalue weighted by Gasteiger charge is -2.36. The van der Waals surface area contributed by atoms with E-state index in [0.29, 0.717) is 12.2 Å². The fourth-order valence-corrected chi connectivity index (χ4v) is 5.03. The van der Waals surface area contributed by atoms with Crippen LogP contribution < -0.4 is 10.2 Å². The smallest absolute Gasteiger partial charge is 0.271 e. The number of hydrogen-bond donors (Lipinski definition) is 1. The van der Waals surface area contributed by atoms with Crippen molar-refractivity contribution in [3.05, 3.63) is 53.0 Å². The van der Waals surface area contributed by atoms with E-state index >= 15 is 0 Å². The van der Waals surface area contributed by atoms with E-state index < -0.39 is 0 Å². The first-order valence-electron chi connectivity index (χ1n) is 11.9. The number of methoxy groups -OCH3 is 1. The Balaban J connectivity index is 1.16. The van der Waals surface area contributed by atoms with Crippen molar-refractivity contribution < 1.29 is 9.53 Å². The van der Waals surface area contributed by atoms with Gasteiger partial charge in [-0.1, -0.05) is 24.6 Å². The van der Waals surface area contributed by atoms with E-state index in [0.717, 1.165) is 56.3 Å². The van der Waals surface area contributed by atoms with Crippen molar-refractivity contribution >= 4 is 11.7 Å². The van der Waals surface area contributed by atoms with E-state index in [1.54, 1.807) is 19.5 Å². The highest BCUT2D eigenvalue weighted by Gasteiger charge is 2.26. The molecule has 5 rings (SSSR count). The Morgan fingerprint density at radius 1 is 1.09 bits per heavy atom. The van der Waals surface area contributed by atoms with Gasteiger partial charge in [0, 0.05) is 45.9 Å². The van der Waals surface area contributed by atoms with Gasteiger partial charge in [-0.05, 0) is 48.8 Å². The summed E-state index contributed by atoms with van der Waals surface area (Å²) in [5.41, 5.74) is 4.38. The molecule has 0 spiro atoms. The Morgan fingerprint density at radius 2 is 1.94 bits per heavy atom. The topological polar surface area (TPSA) is 70.6 Å². The fourth-order valence-electron chi connectivity index (χ4n) is 5.03. The van der Waals surface area contributed by atoms with Crippen LogP contribution in [0.3, 0.4) is 0 Å². The number of anilines is 1.